The number of aromatic nitrogens is 1. The van der Waals surface area contributed by atoms with Crippen LogP contribution in [0.5, 0.6) is 0 Å². The summed E-state index contributed by atoms with van der Waals surface area (Å²) < 4.78 is 0. The van der Waals surface area contributed by atoms with Crippen LogP contribution in [-0.2, 0) is 4.79 Å². The summed E-state index contributed by atoms with van der Waals surface area (Å²) in [5, 5.41) is 4.45. The van der Waals surface area contributed by atoms with Crippen LogP contribution in [0.1, 0.15) is 11.6 Å². The van der Waals surface area contributed by atoms with Gasteiger partial charge in [0.25, 0.3) is 0 Å². The molecule has 3 rings (SSSR count). The fourth-order valence-electron chi connectivity index (χ4n) is 1.91. The second kappa shape index (κ2) is 5.26. The van der Waals surface area contributed by atoms with Crippen molar-refractivity contribution in [3.05, 3.63) is 46.1 Å². The van der Waals surface area contributed by atoms with Crippen molar-refractivity contribution < 1.29 is 4.79 Å². The molecule has 0 aliphatic carbocycles. The molecule has 1 aliphatic heterocycles. The number of nitrogens with two attached hydrogens (primary N) is 1. The van der Waals surface area contributed by atoms with Crippen LogP contribution in [0.15, 0.2) is 40.4 Å². The van der Waals surface area contributed by atoms with Gasteiger partial charge in [-0.15, -0.1) is 0 Å². The quantitative estimate of drug-likeness (QED) is 0.886. The average molecular weight is 326 g/mol. The Balaban J connectivity index is 1.99. The van der Waals surface area contributed by atoms with Gasteiger partial charge in [-0.2, -0.15) is 0 Å². The number of fused-ring (bicyclic) bond motifs is 1. The molecule has 1 atom stereocenters. The minimum Gasteiger partial charge on any atom is -0.324 e. The smallest absolute Gasteiger partial charge is 0.245 e. The van der Waals surface area contributed by atoms with Crippen LogP contribution in [0.2, 0.25) is 10.0 Å². The van der Waals surface area contributed by atoms with Crippen LogP contribution in [0.3, 0.4) is 0 Å². The number of rotatable bonds is 2. The molecule has 1 unspecified atom stereocenters. The Labute approximate surface area is 129 Å². The van der Waals surface area contributed by atoms with Gasteiger partial charge < -0.3 is 11.1 Å². The Bertz CT molecular complexity index is 708. The number of nitrogens with zero attached hydrogens (tertiary/aromatic N) is 1. The Morgan fingerprint density at radius 3 is 2.85 bits per heavy atom. The molecular weight excluding hydrogens is 317 g/mol. The Kier molecular flexibility index (Phi) is 3.60. The van der Waals surface area contributed by atoms with E-state index in [0.717, 1.165) is 4.90 Å². The second-order valence-electron chi connectivity index (χ2n) is 4.23. The number of hydrogen-bond donors (Lipinski definition) is 2. The van der Waals surface area contributed by atoms with Crippen LogP contribution in [-0.4, -0.2) is 10.9 Å². The van der Waals surface area contributed by atoms with Gasteiger partial charge in [-0.25, -0.2) is 4.98 Å². The van der Waals surface area contributed by atoms with Crippen LogP contribution in [0.25, 0.3) is 0 Å². The molecule has 4 nitrogen and oxygen atoms in total. The fraction of sp³-hybridized carbons (Fsp3) is 0.0769. The first-order valence-electron chi connectivity index (χ1n) is 5.74. The standard InChI is InChI=1S/C13H9Cl2N3OS/c14-7-2-1-3-17-13(7)20-10-5-9-6(4-8(10)15)11(16)12(19)18-9/h1-5,11H,16H2,(H,18,19). The van der Waals surface area contributed by atoms with Crippen molar-refractivity contribution in [2.24, 2.45) is 5.73 Å². The molecule has 2 heterocycles. The summed E-state index contributed by atoms with van der Waals surface area (Å²) in [6, 6.07) is 6.35. The topological polar surface area (TPSA) is 68.0 Å². The van der Waals surface area contributed by atoms with Crippen molar-refractivity contribution in [3.63, 3.8) is 0 Å². The first-order chi connectivity index (χ1) is 9.56. The van der Waals surface area contributed by atoms with E-state index in [1.54, 1.807) is 30.5 Å². The Hall–Kier alpha value is -1.27. The van der Waals surface area contributed by atoms with E-state index in [-0.39, 0.29) is 5.91 Å². The SMILES string of the molecule is NC1C(=O)Nc2cc(Sc3ncccc3Cl)c(Cl)cc21. The van der Waals surface area contributed by atoms with Gasteiger partial charge >= 0.3 is 0 Å². The number of amides is 1. The lowest BCUT2D eigenvalue weighted by Crippen LogP contribution is -2.19. The number of anilines is 1. The first-order valence-corrected chi connectivity index (χ1v) is 7.32. The molecule has 0 bridgehead atoms. The zero-order chi connectivity index (χ0) is 14.3. The van der Waals surface area contributed by atoms with E-state index in [1.807, 2.05) is 0 Å². The van der Waals surface area contributed by atoms with Crippen LogP contribution in [0.4, 0.5) is 5.69 Å². The molecule has 20 heavy (non-hydrogen) atoms. The number of carbonyl (C=O) groups is 1. The number of carbonyl (C=O) groups excluding carboxylic acids is 1. The third-order valence-corrected chi connectivity index (χ3v) is 4.83. The molecule has 0 fully saturated rings. The van der Waals surface area contributed by atoms with Gasteiger partial charge in [-0.3, -0.25) is 4.79 Å². The highest BCUT2D eigenvalue weighted by Gasteiger charge is 2.28. The average Bonchev–Trinajstić information content (AvgIpc) is 2.69. The molecule has 0 saturated carbocycles. The van der Waals surface area contributed by atoms with E-state index in [4.69, 9.17) is 28.9 Å². The van der Waals surface area contributed by atoms with Gasteiger partial charge in [0.1, 0.15) is 11.1 Å². The van der Waals surface area contributed by atoms with Crippen LogP contribution in [0, 0.1) is 0 Å². The third kappa shape index (κ3) is 2.38. The van der Waals surface area contributed by atoms with Gasteiger partial charge in [0, 0.05) is 22.3 Å². The number of hydrogen-bond acceptors (Lipinski definition) is 4. The van der Waals surface area contributed by atoms with Crippen molar-refractivity contribution in [1.82, 2.24) is 4.98 Å². The minimum atomic E-state index is -0.667. The molecule has 0 saturated heterocycles. The van der Waals surface area contributed by atoms with E-state index >= 15 is 0 Å². The van der Waals surface area contributed by atoms with E-state index in [9.17, 15) is 4.79 Å². The Morgan fingerprint density at radius 1 is 1.30 bits per heavy atom. The largest absolute Gasteiger partial charge is 0.324 e. The highest BCUT2D eigenvalue weighted by atomic mass is 35.5. The number of nitrogens with one attached hydrogen (secondary N) is 1. The molecule has 7 heteroatoms. The lowest BCUT2D eigenvalue weighted by Gasteiger charge is -2.08. The van der Waals surface area contributed by atoms with E-state index in [0.29, 0.717) is 26.3 Å². The molecule has 0 spiro atoms. The van der Waals surface area contributed by atoms with E-state index in [2.05, 4.69) is 10.3 Å². The van der Waals surface area contributed by atoms with Gasteiger partial charge in [-0.05, 0) is 24.3 Å². The summed E-state index contributed by atoms with van der Waals surface area (Å²) in [4.78, 5) is 16.5. The van der Waals surface area contributed by atoms with Crippen molar-refractivity contribution in [1.29, 1.82) is 0 Å². The number of pyridine rings is 1. The minimum absolute atomic E-state index is 0.228. The van der Waals surface area contributed by atoms with Crippen LogP contribution >= 0.6 is 35.0 Å². The summed E-state index contributed by atoms with van der Waals surface area (Å²) in [5.74, 6) is -0.228. The highest BCUT2D eigenvalue weighted by molar-refractivity contribution is 7.99. The van der Waals surface area contributed by atoms with E-state index < -0.39 is 6.04 Å². The predicted molar refractivity (Wildman–Crippen MR) is 80.4 cm³/mol. The molecular formula is C13H9Cl2N3OS. The van der Waals surface area contributed by atoms with Gasteiger partial charge in [0.15, 0.2) is 0 Å². The molecule has 2 aromatic rings. The molecule has 1 aromatic carbocycles. The maximum absolute atomic E-state index is 11.5. The molecule has 1 aliphatic rings. The lowest BCUT2D eigenvalue weighted by molar-refractivity contribution is -0.116. The fourth-order valence-corrected chi connectivity index (χ4v) is 3.26. The number of halogens is 2. The first kappa shape index (κ1) is 13.7. The molecule has 0 radical (unpaired) electrons. The second-order valence-corrected chi connectivity index (χ2v) is 6.07. The Morgan fingerprint density at radius 2 is 2.10 bits per heavy atom. The summed E-state index contributed by atoms with van der Waals surface area (Å²) in [6.45, 7) is 0. The summed E-state index contributed by atoms with van der Waals surface area (Å²) in [7, 11) is 0. The number of benzene rings is 1. The summed E-state index contributed by atoms with van der Waals surface area (Å²) in [5.41, 5.74) is 7.16. The lowest BCUT2D eigenvalue weighted by atomic mass is 10.1. The van der Waals surface area contributed by atoms with Crippen molar-refractivity contribution in [3.8, 4) is 0 Å². The normalized spacial score (nSPS) is 16.9. The zero-order valence-electron chi connectivity index (χ0n) is 10.1. The van der Waals surface area contributed by atoms with E-state index in [1.165, 1.54) is 11.8 Å². The van der Waals surface area contributed by atoms with Crippen molar-refractivity contribution >= 4 is 46.6 Å². The third-order valence-electron chi connectivity index (χ3n) is 2.91. The maximum Gasteiger partial charge on any atom is 0.245 e. The summed E-state index contributed by atoms with van der Waals surface area (Å²) >= 11 is 13.7. The highest BCUT2D eigenvalue weighted by Crippen LogP contribution is 2.41. The molecule has 1 aromatic heterocycles. The predicted octanol–water partition coefficient (Wildman–Crippen LogP) is 3.49. The summed E-state index contributed by atoms with van der Waals surface area (Å²) in [6.07, 6.45) is 1.66. The monoisotopic (exact) mass is 325 g/mol. The van der Waals surface area contributed by atoms with Crippen LogP contribution < -0.4 is 11.1 Å². The maximum atomic E-state index is 11.5. The van der Waals surface area contributed by atoms with Gasteiger partial charge in [0.2, 0.25) is 5.91 Å². The van der Waals surface area contributed by atoms with Gasteiger partial charge in [0.05, 0.1) is 10.0 Å². The zero-order valence-corrected chi connectivity index (χ0v) is 12.4. The molecule has 1 amide bonds. The van der Waals surface area contributed by atoms with Crippen molar-refractivity contribution in [2.45, 2.75) is 16.0 Å². The molecule has 3 N–H and O–H groups in total. The van der Waals surface area contributed by atoms with Crippen molar-refractivity contribution in [2.75, 3.05) is 5.32 Å². The molecule has 102 valence electrons. The van der Waals surface area contributed by atoms with Gasteiger partial charge in [-0.1, -0.05) is 35.0 Å².